The summed E-state index contributed by atoms with van der Waals surface area (Å²) in [6.45, 7) is 1.30. The number of aromatic nitrogens is 2. The second-order valence-electron chi connectivity index (χ2n) is 3.92. The standard InChI is InChI=1S/C10H16N4O/c1-11-10(15)7-14-6-9(5-13-14)12-4-8-2-3-8/h5-6,8,12H,2-4,7H2,1H3,(H,11,15). The summed E-state index contributed by atoms with van der Waals surface area (Å²) in [6.07, 6.45) is 6.28. The number of hydrogen-bond donors (Lipinski definition) is 2. The van der Waals surface area contributed by atoms with Crippen LogP contribution in [0, 0.1) is 5.92 Å². The van der Waals surface area contributed by atoms with Gasteiger partial charge in [0.15, 0.2) is 0 Å². The number of amides is 1. The molecule has 1 aromatic rings. The van der Waals surface area contributed by atoms with Crippen LogP contribution in [0.3, 0.4) is 0 Å². The zero-order valence-electron chi connectivity index (χ0n) is 8.86. The quantitative estimate of drug-likeness (QED) is 0.738. The number of rotatable bonds is 5. The van der Waals surface area contributed by atoms with E-state index < -0.39 is 0 Å². The number of carbonyl (C=O) groups is 1. The van der Waals surface area contributed by atoms with Crippen molar-refractivity contribution in [1.29, 1.82) is 0 Å². The minimum atomic E-state index is -0.0353. The van der Waals surface area contributed by atoms with Gasteiger partial charge in [-0.3, -0.25) is 9.48 Å². The highest BCUT2D eigenvalue weighted by Crippen LogP contribution is 2.28. The van der Waals surface area contributed by atoms with Crippen molar-refractivity contribution >= 4 is 11.6 Å². The molecule has 0 aromatic carbocycles. The summed E-state index contributed by atoms with van der Waals surface area (Å²) in [5, 5.41) is 9.96. The molecule has 5 nitrogen and oxygen atoms in total. The van der Waals surface area contributed by atoms with Gasteiger partial charge in [-0.2, -0.15) is 5.10 Å². The monoisotopic (exact) mass is 208 g/mol. The van der Waals surface area contributed by atoms with Crippen LogP contribution in [0.4, 0.5) is 5.69 Å². The number of hydrogen-bond acceptors (Lipinski definition) is 3. The molecule has 0 spiro atoms. The molecule has 1 saturated carbocycles. The molecule has 5 heteroatoms. The first-order chi connectivity index (χ1) is 7.28. The number of nitrogens with zero attached hydrogens (tertiary/aromatic N) is 2. The molecule has 1 amide bonds. The van der Waals surface area contributed by atoms with Crippen molar-refractivity contribution < 1.29 is 4.79 Å². The molecule has 82 valence electrons. The van der Waals surface area contributed by atoms with Crippen molar-refractivity contribution in [2.45, 2.75) is 19.4 Å². The van der Waals surface area contributed by atoms with Gasteiger partial charge >= 0.3 is 0 Å². The van der Waals surface area contributed by atoms with Crippen LogP contribution in [0.15, 0.2) is 12.4 Å². The predicted octanol–water partition coefficient (Wildman–Crippen LogP) is 0.451. The van der Waals surface area contributed by atoms with Crippen molar-refractivity contribution in [3.8, 4) is 0 Å². The van der Waals surface area contributed by atoms with Gasteiger partial charge in [0.1, 0.15) is 6.54 Å². The van der Waals surface area contributed by atoms with Crippen molar-refractivity contribution in [2.24, 2.45) is 5.92 Å². The Labute approximate surface area is 88.8 Å². The van der Waals surface area contributed by atoms with Crippen LogP contribution in [-0.2, 0) is 11.3 Å². The smallest absolute Gasteiger partial charge is 0.241 e. The minimum absolute atomic E-state index is 0.0353. The zero-order valence-corrected chi connectivity index (χ0v) is 8.86. The first kappa shape index (κ1) is 10.0. The maximum absolute atomic E-state index is 11.1. The Morgan fingerprint density at radius 3 is 3.13 bits per heavy atom. The summed E-state index contributed by atoms with van der Waals surface area (Å²) in [7, 11) is 1.62. The Morgan fingerprint density at radius 2 is 2.47 bits per heavy atom. The first-order valence-electron chi connectivity index (χ1n) is 5.25. The SMILES string of the molecule is CNC(=O)Cn1cc(NCC2CC2)cn1. The summed E-state index contributed by atoms with van der Waals surface area (Å²) >= 11 is 0. The molecule has 0 atom stereocenters. The fourth-order valence-electron chi connectivity index (χ4n) is 1.35. The molecule has 1 fully saturated rings. The van der Waals surface area contributed by atoms with Crippen molar-refractivity contribution in [3.63, 3.8) is 0 Å². The average molecular weight is 208 g/mol. The van der Waals surface area contributed by atoms with E-state index in [0.717, 1.165) is 18.2 Å². The second-order valence-corrected chi connectivity index (χ2v) is 3.92. The van der Waals surface area contributed by atoms with E-state index in [4.69, 9.17) is 0 Å². The highest BCUT2D eigenvalue weighted by Gasteiger charge is 2.20. The van der Waals surface area contributed by atoms with E-state index in [9.17, 15) is 4.79 Å². The maximum atomic E-state index is 11.1. The van der Waals surface area contributed by atoms with E-state index in [2.05, 4.69) is 15.7 Å². The highest BCUT2D eigenvalue weighted by atomic mass is 16.1. The fraction of sp³-hybridized carbons (Fsp3) is 0.600. The Morgan fingerprint density at radius 1 is 1.67 bits per heavy atom. The normalized spacial score (nSPS) is 15.0. The van der Waals surface area contributed by atoms with Gasteiger partial charge in [0.05, 0.1) is 11.9 Å². The molecule has 1 aliphatic carbocycles. The summed E-state index contributed by atoms with van der Waals surface area (Å²) in [5.41, 5.74) is 0.991. The van der Waals surface area contributed by atoms with Gasteiger partial charge in [-0.05, 0) is 18.8 Å². The van der Waals surface area contributed by atoms with E-state index in [-0.39, 0.29) is 12.5 Å². The molecule has 2 N–H and O–H groups in total. The third-order valence-electron chi connectivity index (χ3n) is 2.51. The number of anilines is 1. The molecule has 1 heterocycles. The fourth-order valence-corrected chi connectivity index (χ4v) is 1.35. The Hall–Kier alpha value is -1.52. The van der Waals surface area contributed by atoms with Gasteiger partial charge in [0.2, 0.25) is 5.91 Å². The molecule has 0 unspecified atom stereocenters. The van der Waals surface area contributed by atoms with Crippen LogP contribution in [0.25, 0.3) is 0 Å². The van der Waals surface area contributed by atoms with Crippen molar-refractivity contribution in [2.75, 3.05) is 18.9 Å². The lowest BCUT2D eigenvalue weighted by molar-refractivity contribution is -0.121. The largest absolute Gasteiger partial charge is 0.382 e. The molecular formula is C10H16N4O. The molecule has 1 aliphatic rings. The summed E-state index contributed by atoms with van der Waals surface area (Å²) in [6, 6.07) is 0. The third kappa shape index (κ3) is 2.97. The van der Waals surface area contributed by atoms with Crippen molar-refractivity contribution in [1.82, 2.24) is 15.1 Å². The van der Waals surface area contributed by atoms with Gasteiger partial charge in [-0.25, -0.2) is 0 Å². The van der Waals surface area contributed by atoms with Crippen LogP contribution < -0.4 is 10.6 Å². The molecule has 15 heavy (non-hydrogen) atoms. The van der Waals surface area contributed by atoms with Crippen LogP contribution in [0.1, 0.15) is 12.8 Å². The van der Waals surface area contributed by atoms with E-state index in [1.807, 2.05) is 6.20 Å². The van der Waals surface area contributed by atoms with Gasteiger partial charge in [-0.15, -0.1) is 0 Å². The molecule has 1 aromatic heterocycles. The second kappa shape index (κ2) is 4.33. The molecule has 0 bridgehead atoms. The van der Waals surface area contributed by atoms with Crippen LogP contribution >= 0.6 is 0 Å². The number of nitrogens with one attached hydrogen (secondary N) is 2. The zero-order chi connectivity index (χ0) is 10.7. The summed E-state index contributed by atoms with van der Waals surface area (Å²) in [4.78, 5) is 11.1. The summed E-state index contributed by atoms with van der Waals surface area (Å²) < 4.78 is 1.63. The van der Waals surface area contributed by atoms with E-state index in [0.29, 0.717) is 0 Å². The lowest BCUT2D eigenvalue weighted by Crippen LogP contribution is -2.23. The van der Waals surface area contributed by atoms with Gasteiger partial charge in [0, 0.05) is 19.8 Å². The Bertz CT molecular complexity index is 343. The Kier molecular flexibility index (Phi) is 2.89. The van der Waals surface area contributed by atoms with Crippen molar-refractivity contribution in [3.05, 3.63) is 12.4 Å². The average Bonchev–Trinajstić information content (AvgIpc) is 2.97. The maximum Gasteiger partial charge on any atom is 0.241 e. The van der Waals surface area contributed by atoms with Gasteiger partial charge < -0.3 is 10.6 Å². The number of likely N-dealkylation sites (N-methyl/N-ethyl adjacent to an activating group) is 1. The topological polar surface area (TPSA) is 59.0 Å². The van der Waals surface area contributed by atoms with Crippen LogP contribution in [0.5, 0.6) is 0 Å². The molecule has 0 saturated heterocycles. The van der Waals surface area contributed by atoms with E-state index in [1.54, 1.807) is 17.9 Å². The lowest BCUT2D eigenvalue weighted by atomic mass is 10.4. The third-order valence-corrected chi connectivity index (χ3v) is 2.51. The predicted molar refractivity (Wildman–Crippen MR) is 57.5 cm³/mol. The molecule has 0 aliphatic heterocycles. The molecule has 0 radical (unpaired) electrons. The van der Waals surface area contributed by atoms with Gasteiger partial charge in [-0.1, -0.05) is 0 Å². The van der Waals surface area contributed by atoms with E-state index >= 15 is 0 Å². The minimum Gasteiger partial charge on any atom is -0.382 e. The molecule has 2 rings (SSSR count). The lowest BCUT2D eigenvalue weighted by Gasteiger charge is -2.00. The molecular weight excluding hydrogens is 192 g/mol. The van der Waals surface area contributed by atoms with Gasteiger partial charge in [0.25, 0.3) is 0 Å². The Balaban J connectivity index is 1.82. The van der Waals surface area contributed by atoms with Crippen LogP contribution in [0.2, 0.25) is 0 Å². The van der Waals surface area contributed by atoms with E-state index in [1.165, 1.54) is 12.8 Å². The number of carbonyl (C=O) groups excluding carboxylic acids is 1. The first-order valence-corrected chi connectivity index (χ1v) is 5.25. The van der Waals surface area contributed by atoms with Crippen LogP contribution in [-0.4, -0.2) is 29.3 Å². The highest BCUT2D eigenvalue weighted by molar-refractivity contribution is 5.75. The summed E-state index contributed by atoms with van der Waals surface area (Å²) in [5.74, 6) is 0.805.